The summed E-state index contributed by atoms with van der Waals surface area (Å²) in [6.07, 6.45) is 2.93. The van der Waals surface area contributed by atoms with Crippen LogP contribution < -0.4 is 10.5 Å². The minimum absolute atomic E-state index is 0.604. The van der Waals surface area contributed by atoms with Crippen LogP contribution in [-0.4, -0.2) is 22.5 Å². The molecule has 0 saturated carbocycles. The van der Waals surface area contributed by atoms with Crippen LogP contribution in [0.3, 0.4) is 0 Å². The molecule has 0 aliphatic heterocycles. The van der Waals surface area contributed by atoms with Crippen molar-refractivity contribution in [3.63, 3.8) is 0 Å². The van der Waals surface area contributed by atoms with E-state index in [1.165, 1.54) is 4.88 Å². The average Bonchev–Trinajstić information content (AvgIpc) is 2.98. The third-order valence-corrected chi connectivity index (χ3v) is 4.26. The molecule has 0 fully saturated rings. The van der Waals surface area contributed by atoms with Gasteiger partial charge in [0.05, 0.1) is 18.0 Å². The van der Waals surface area contributed by atoms with E-state index < -0.39 is 0 Å². The molecule has 0 spiro atoms. The number of benzene rings is 1. The largest absolute Gasteiger partial charge is 0.493 e. The summed E-state index contributed by atoms with van der Waals surface area (Å²) in [6, 6.07) is 8.05. The Labute approximate surface area is 128 Å². The predicted molar refractivity (Wildman–Crippen MR) is 87.2 cm³/mol. The van der Waals surface area contributed by atoms with Crippen molar-refractivity contribution < 1.29 is 4.74 Å². The van der Waals surface area contributed by atoms with Crippen molar-refractivity contribution in [2.24, 2.45) is 5.73 Å². The van der Waals surface area contributed by atoms with Crippen molar-refractivity contribution in [1.29, 1.82) is 0 Å². The van der Waals surface area contributed by atoms with E-state index in [1.807, 2.05) is 25.1 Å². The second-order valence-electron chi connectivity index (χ2n) is 4.87. The monoisotopic (exact) mass is 301 g/mol. The molecule has 0 amide bonds. The lowest BCUT2D eigenvalue weighted by Gasteiger charge is -2.09. The molecule has 1 aromatic carbocycles. The quantitative estimate of drug-likeness (QED) is 0.787. The fraction of sp³-hybridized carbons (Fsp3) is 0.312. The molecule has 5 heteroatoms. The van der Waals surface area contributed by atoms with Crippen LogP contribution in [0, 0.1) is 6.92 Å². The molecule has 2 N–H and O–H groups in total. The third-order valence-electron chi connectivity index (χ3n) is 3.36. The summed E-state index contributed by atoms with van der Waals surface area (Å²) in [6.45, 7) is 5.34. The van der Waals surface area contributed by atoms with Gasteiger partial charge in [-0.15, -0.1) is 11.3 Å². The van der Waals surface area contributed by atoms with E-state index in [0.29, 0.717) is 13.2 Å². The van der Waals surface area contributed by atoms with Gasteiger partial charge in [0, 0.05) is 23.1 Å². The Kier molecular flexibility index (Phi) is 3.94. The number of imidazole rings is 1. The van der Waals surface area contributed by atoms with Gasteiger partial charge in [-0.05, 0) is 32.5 Å². The van der Waals surface area contributed by atoms with Gasteiger partial charge in [-0.1, -0.05) is 12.1 Å². The summed E-state index contributed by atoms with van der Waals surface area (Å²) in [7, 11) is 0. The molecular formula is C16H19N3OS. The van der Waals surface area contributed by atoms with Gasteiger partial charge in [-0.2, -0.15) is 0 Å². The number of aryl methyl sites for hydroxylation is 1. The summed E-state index contributed by atoms with van der Waals surface area (Å²) in [5, 5.41) is 0. The van der Waals surface area contributed by atoms with E-state index >= 15 is 0 Å². The number of nitrogens with zero attached hydrogens (tertiary/aromatic N) is 2. The second-order valence-corrected chi connectivity index (χ2v) is 6.08. The van der Waals surface area contributed by atoms with Gasteiger partial charge in [0.1, 0.15) is 5.75 Å². The SMILES string of the molecule is CCOc1ccccc1-c1nc2sc(C)cn2c1CCN. The van der Waals surface area contributed by atoms with Gasteiger partial charge in [0.25, 0.3) is 0 Å². The summed E-state index contributed by atoms with van der Waals surface area (Å²) in [5.74, 6) is 0.876. The first-order valence-electron chi connectivity index (χ1n) is 7.14. The predicted octanol–water partition coefficient (Wildman–Crippen LogP) is 3.27. The molecular weight excluding hydrogens is 282 g/mol. The molecule has 0 atom stereocenters. The molecule has 3 aromatic rings. The molecule has 4 nitrogen and oxygen atoms in total. The minimum Gasteiger partial charge on any atom is -0.493 e. The molecule has 0 saturated heterocycles. The molecule has 2 aromatic heterocycles. The first-order valence-corrected chi connectivity index (χ1v) is 7.96. The van der Waals surface area contributed by atoms with Gasteiger partial charge in [-0.3, -0.25) is 4.40 Å². The second kappa shape index (κ2) is 5.87. The lowest BCUT2D eigenvalue weighted by atomic mass is 10.1. The van der Waals surface area contributed by atoms with E-state index in [4.69, 9.17) is 15.5 Å². The molecule has 110 valence electrons. The highest BCUT2D eigenvalue weighted by Gasteiger charge is 2.18. The van der Waals surface area contributed by atoms with Crippen LogP contribution in [0.2, 0.25) is 0 Å². The highest BCUT2D eigenvalue weighted by atomic mass is 32.1. The summed E-state index contributed by atoms with van der Waals surface area (Å²) in [5.41, 5.74) is 8.97. The highest BCUT2D eigenvalue weighted by molar-refractivity contribution is 7.17. The zero-order valence-corrected chi connectivity index (χ0v) is 13.1. The number of rotatable bonds is 5. The van der Waals surface area contributed by atoms with Crippen LogP contribution in [0.5, 0.6) is 5.75 Å². The number of para-hydroxylation sites is 1. The van der Waals surface area contributed by atoms with Crippen LogP contribution in [-0.2, 0) is 6.42 Å². The summed E-state index contributed by atoms with van der Waals surface area (Å²) in [4.78, 5) is 7.07. The number of nitrogens with two attached hydrogens (primary N) is 1. The molecule has 0 aliphatic rings. The van der Waals surface area contributed by atoms with E-state index in [0.717, 1.165) is 34.1 Å². The lowest BCUT2D eigenvalue weighted by molar-refractivity contribution is 0.341. The third kappa shape index (κ3) is 2.54. The Balaban J connectivity index is 2.19. The Morgan fingerprint density at radius 3 is 2.90 bits per heavy atom. The van der Waals surface area contributed by atoms with Crippen molar-refractivity contribution in [2.45, 2.75) is 20.3 Å². The van der Waals surface area contributed by atoms with Gasteiger partial charge in [0.15, 0.2) is 4.96 Å². The van der Waals surface area contributed by atoms with Gasteiger partial charge in [0.2, 0.25) is 0 Å². The molecule has 0 bridgehead atoms. The van der Waals surface area contributed by atoms with Gasteiger partial charge < -0.3 is 10.5 Å². The summed E-state index contributed by atoms with van der Waals surface area (Å²) < 4.78 is 7.90. The van der Waals surface area contributed by atoms with Crippen LogP contribution in [0.4, 0.5) is 0 Å². The first-order chi connectivity index (χ1) is 10.2. The lowest BCUT2D eigenvalue weighted by Crippen LogP contribution is -2.06. The minimum atomic E-state index is 0.604. The van der Waals surface area contributed by atoms with E-state index in [1.54, 1.807) is 11.3 Å². The number of ether oxygens (including phenoxy) is 1. The average molecular weight is 301 g/mol. The summed E-state index contributed by atoms with van der Waals surface area (Å²) >= 11 is 1.70. The molecule has 21 heavy (non-hydrogen) atoms. The Hall–Kier alpha value is -1.85. The zero-order chi connectivity index (χ0) is 14.8. The number of thiazole rings is 1. The van der Waals surface area contributed by atoms with Crippen molar-refractivity contribution in [3.05, 3.63) is 41.0 Å². The van der Waals surface area contributed by atoms with Crippen molar-refractivity contribution in [2.75, 3.05) is 13.2 Å². The van der Waals surface area contributed by atoms with Crippen molar-refractivity contribution >= 4 is 16.3 Å². The number of hydrogen-bond acceptors (Lipinski definition) is 4. The maximum absolute atomic E-state index is 5.79. The number of aromatic nitrogens is 2. The molecule has 0 radical (unpaired) electrons. The Morgan fingerprint density at radius 2 is 2.14 bits per heavy atom. The van der Waals surface area contributed by atoms with Crippen LogP contribution >= 0.6 is 11.3 Å². The maximum Gasteiger partial charge on any atom is 0.194 e. The Morgan fingerprint density at radius 1 is 1.33 bits per heavy atom. The normalized spacial score (nSPS) is 11.2. The van der Waals surface area contributed by atoms with Gasteiger partial charge in [-0.25, -0.2) is 4.98 Å². The number of fused-ring (bicyclic) bond motifs is 1. The topological polar surface area (TPSA) is 52.5 Å². The molecule has 0 unspecified atom stereocenters. The van der Waals surface area contributed by atoms with Gasteiger partial charge >= 0.3 is 0 Å². The van der Waals surface area contributed by atoms with E-state index in [2.05, 4.69) is 23.6 Å². The molecule has 0 aliphatic carbocycles. The van der Waals surface area contributed by atoms with Crippen LogP contribution in [0.15, 0.2) is 30.5 Å². The van der Waals surface area contributed by atoms with Crippen molar-refractivity contribution in [1.82, 2.24) is 9.38 Å². The fourth-order valence-corrected chi connectivity index (χ4v) is 3.38. The smallest absolute Gasteiger partial charge is 0.194 e. The van der Waals surface area contributed by atoms with Crippen LogP contribution in [0.1, 0.15) is 17.5 Å². The first kappa shape index (κ1) is 14.1. The Bertz CT molecular complexity index is 760. The molecule has 3 rings (SSSR count). The maximum atomic E-state index is 5.79. The van der Waals surface area contributed by atoms with E-state index in [9.17, 15) is 0 Å². The fourth-order valence-electron chi connectivity index (χ4n) is 2.54. The number of hydrogen-bond donors (Lipinski definition) is 1. The van der Waals surface area contributed by atoms with Crippen molar-refractivity contribution in [3.8, 4) is 17.0 Å². The van der Waals surface area contributed by atoms with Crippen LogP contribution in [0.25, 0.3) is 16.2 Å². The zero-order valence-electron chi connectivity index (χ0n) is 12.3. The van der Waals surface area contributed by atoms with E-state index in [-0.39, 0.29) is 0 Å². The highest BCUT2D eigenvalue weighted by Crippen LogP contribution is 2.34. The molecule has 2 heterocycles. The standard InChI is InChI=1S/C16H19N3OS/c1-3-20-14-7-5-4-6-12(14)15-13(8-9-17)19-10-11(2)21-16(19)18-15/h4-7,10H,3,8-9,17H2,1-2H3.